The van der Waals surface area contributed by atoms with Gasteiger partial charge in [-0.05, 0) is 37.5 Å². The van der Waals surface area contributed by atoms with Gasteiger partial charge in [0.1, 0.15) is 6.54 Å². The number of carbonyl (C=O) groups is 3. The van der Waals surface area contributed by atoms with E-state index in [1.807, 2.05) is 61.5 Å². The second kappa shape index (κ2) is 8.19. The van der Waals surface area contributed by atoms with E-state index < -0.39 is 0 Å². The summed E-state index contributed by atoms with van der Waals surface area (Å²) < 4.78 is 0. The third-order valence-corrected chi connectivity index (χ3v) is 6.06. The number of aryl methyl sites for hydroxylation is 1. The van der Waals surface area contributed by atoms with Gasteiger partial charge < -0.3 is 4.90 Å². The molecule has 1 aliphatic carbocycles. The van der Waals surface area contributed by atoms with Gasteiger partial charge in [0, 0.05) is 5.69 Å². The van der Waals surface area contributed by atoms with E-state index in [-0.39, 0.29) is 36.1 Å². The highest BCUT2D eigenvalue weighted by Crippen LogP contribution is 2.38. The normalized spacial score (nSPS) is 21.2. The van der Waals surface area contributed by atoms with Crippen molar-refractivity contribution in [3.8, 4) is 0 Å². The van der Waals surface area contributed by atoms with Crippen molar-refractivity contribution in [2.24, 2.45) is 11.8 Å². The molecule has 1 heterocycles. The molecule has 1 aliphatic heterocycles. The molecular weight excluding hydrogens is 364 g/mol. The molecule has 0 aromatic heterocycles. The molecule has 2 aliphatic rings. The average molecular weight is 390 g/mol. The van der Waals surface area contributed by atoms with E-state index in [4.69, 9.17) is 0 Å². The summed E-state index contributed by atoms with van der Waals surface area (Å²) in [5.74, 6) is -1.04. The summed E-state index contributed by atoms with van der Waals surface area (Å²) in [5, 5.41) is 0. The third-order valence-electron chi connectivity index (χ3n) is 6.06. The van der Waals surface area contributed by atoms with Crippen LogP contribution in [0.4, 0.5) is 5.69 Å². The smallest absolute Gasteiger partial charge is 0.247 e. The highest BCUT2D eigenvalue weighted by Gasteiger charge is 2.48. The van der Waals surface area contributed by atoms with Crippen LogP contribution in [-0.4, -0.2) is 29.2 Å². The second-order valence-electron chi connectivity index (χ2n) is 8.06. The molecule has 150 valence electrons. The number of likely N-dealkylation sites (tertiary alicyclic amines) is 1. The summed E-state index contributed by atoms with van der Waals surface area (Å²) in [6.07, 6.45) is 3.47. The lowest BCUT2D eigenvalue weighted by Crippen LogP contribution is -2.43. The van der Waals surface area contributed by atoms with E-state index in [2.05, 4.69) is 0 Å². The number of carbonyl (C=O) groups excluding carboxylic acids is 3. The molecular formula is C24H26N2O3. The Morgan fingerprint density at radius 2 is 1.52 bits per heavy atom. The Bertz CT molecular complexity index is 883. The van der Waals surface area contributed by atoms with Crippen LogP contribution in [0, 0.1) is 18.8 Å². The van der Waals surface area contributed by atoms with Gasteiger partial charge in [-0.3, -0.25) is 19.3 Å². The maximum Gasteiger partial charge on any atom is 0.247 e. The monoisotopic (exact) mass is 390 g/mol. The minimum Gasteiger partial charge on any atom is -0.306 e. The minimum absolute atomic E-state index is 0.170. The van der Waals surface area contributed by atoms with Gasteiger partial charge in [0.25, 0.3) is 0 Å². The quantitative estimate of drug-likeness (QED) is 0.732. The van der Waals surface area contributed by atoms with E-state index in [1.165, 1.54) is 4.90 Å². The zero-order valence-corrected chi connectivity index (χ0v) is 16.7. The van der Waals surface area contributed by atoms with Crippen LogP contribution in [0.25, 0.3) is 0 Å². The first kappa shape index (κ1) is 19.4. The van der Waals surface area contributed by atoms with Crippen molar-refractivity contribution < 1.29 is 14.4 Å². The fraction of sp³-hybridized carbons (Fsp3) is 0.375. The number of fused-ring (bicyclic) bond motifs is 1. The molecule has 2 unspecified atom stereocenters. The first-order chi connectivity index (χ1) is 14.0. The SMILES string of the molecule is Cc1ccc(N(Cc2ccccc2)C(=O)CN2C(=O)C3CCCCC3C2=O)cc1. The molecule has 1 saturated heterocycles. The molecule has 2 fully saturated rings. The first-order valence-corrected chi connectivity index (χ1v) is 10.3. The minimum atomic E-state index is -0.238. The maximum atomic E-state index is 13.3. The fourth-order valence-electron chi connectivity index (χ4n) is 4.42. The Morgan fingerprint density at radius 3 is 2.10 bits per heavy atom. The highest BCUT2D eigenvalue weighted by atomic mass is 16.2. The van der Waals surface area contributed by atoms with E-state index >= 15 is 0 Å². The molecule has 4 rings (SSSR count). The number of amides is 3. The zero-order chi connectivity index (χ0) is 20.4. The summed E-state index contributed by atoms with van der Waals surface area (Å²) in [6.45, 7) is 2.20. The molecule has 2 aromatic carbocycles. The molecule has 29 heavy (non-hydrogen) atoms. The Balaban J connectivity index is 1.57. The van der Waals surface area contributed by atoms with E-state index in [0.29, 0.717) is 6.54 Å². The first-order valence-electron chi connectivity index (χ1n) is 10.3. The lowest BCUT2D eigenvalue weighted by Gasteiger charge is -2.25. The van der Waals surface area contributed by atoms with Crippen LogP contribution >= 0.6 is 0 Å². The Hall–Kier alpha value is -2.95. The summed E-state index contributed by atoms with van der Waals surface area (Å²) >= 11 is 0. The lowest BCUT2D eigenvalue weighted by atomic mass is 9.81. The molecule has 5 heteroatoms. The van der Waals surface area contributed by atoms with Gasteiger partial charge in [0.15, 0.2) is 0 Å². The number of hydrogen-bond acceptors (Lipinski definition) is 3. The Labute approximate surface area is 171 Å². The highest BCUT2D eigenvalue weighted by molar-refractivity contribution is 6.09. The molecule has 0 N–H and O–H groups in total. The summed E-state index contributed by atoms with van der Waals surface area (Å²) in [6, 6.07) is 17.5. The predicted molar refractivity (Wildman–Crippen MR) is 111 cm³/mol. The average Bonchev–Trinajstić information content (AvgIpc) is 2.98. The van der Waals surface area contributed by atoms with Crippen LogP contribution in [0.3, 0.4) is 0 Å². The van der Waals surface area contributed by atoms with Crippen molar-refractivity contribution in [1.29, 1.82) is 0 Å². The molecule has 0 spiro atoms. The van der Waals surface area contributed by atoms with Gasteiger partial charge in [0.2, 0.25) is 17.7 Å². The van der Waals surface area contributed by atoms with Crippen LogP contribution in [0.2, 0.25) is 0 Å². The Kier molecular flexibility index (Phi) is 5.47. The number of benzene rings is 2. The zero-order valence-electron chi connectivity index (χ0n) is 16.7. The summed E-state index contributed by atoms with van der Waals surface area (Å²) in [5.41, 5.74) is 2.87. The largest absolute Gasteiger partial charge is 0.306 e. The van der Waals surface area contributed by atoms with Crippen molar-refractivity contribution in [1.82, 2.24) is 4.90 Å². The van der Waals surface area contributed by atoms with Gasteiger partial charge >= 0.3 is 0 Å². The van der Waals surface area contributed by atoms with Gasteiger partial charge in [-0.1, -0.05) is 60.9 Å². The standard InChI is InChI=1S/C24H26N2O3/c1-17-11-13-19(14-12-17)25(15-18-7-3-2-4-8-18)22(27)16-26-23(28)20-9-5-6-10-21(20)24(26)29/h2-4,7-8,11-14,20-21H,5-6,9-10,15-16H2,1H3. The molecule has 1 saturated carbocycles. The summed E-state index contributed by atoms with van der Waals surface area (Å²) in [4.78, 5) is 41.7. The van der Waals surface area contributed by atoms with E-state index in [1.54, 1.807) is 4.90 Å². The molecule has 3 amide bonds. The molecule has 5 nitrogen and oxygen atoms in total. The van der Waals surface area contributed by atoms with Crippen molar-refractivity contribution in [2.75, 3.05) is 11.4 Å². The maximum absolute atomic E-state index is 13.3. The molecule has 0 bridgehead atoms. The van der Waals surface area contributed by atoms with E-state index in [0.717, 1.165) is 42.5 Å². The fourth-order valence-corrected chi connectivity index (χ4v) is 4.42. The van der Waals surface area contributed by atoms with Crippen molar-refractivity contribution in [3.05, 3.63) is 65.7 Å². The van der Waals surface area contributed by atoms with Crippen LogP contribution < -0.4 is 4.90 Å². The second-order valence-corrected chi connectivity index (χ2v) is 8.06. The number of nitrogens with zero attached hydrogens (tertiary/aromatic N) is 2. The van der Waals surface area contributed by atoms with Crippen LogP contribution in [0.1, 0.15) is 36.8 Å². The van der Waals surface area contributed by atoms with Gasteiger partial charge in [-0.25, -0.2) is 0 Å². The van der Waals surface area contributed by atoms with Crippen LogP contribution in [0.15, 0.2) is 54.6 Å². The molecule has 2 aromatic rings. The van der Waals surface area contributed by atoms with Crippen molar-refractivity contribution in [3.63, 3.8) is 0 Å². The molecule has 0 radical (unpaired) electrons. The third kappa shape index (κ3) is 3.95. The Morgan fingerprint density at radius 1 is 0.931 bits per heavy atom. The van der Waals surface area contributed by atoms with Crippen molar-refractivity contribution >= 4 is 23.4 Å². The van der Waals surface area contributed by atoms with Crippen LogP contribution in [0.5, 0.6) is 0 Å². The van der Waals surface area contributed by atoms with E-state index in [9.17, 15) is 14.4 Å². The number of anilines is 1. The lowest BCUT2D eigenvalue weighted by molar-refractivity contribution is -0.143. The van der Waals surface area contributed by atoms with Crippen LogP contribution in [-0.2, 0) is 20.9 Å². The van der Waals surface area contributed by atoms with Crippen molar-refractivity contribution in [2.45, 2.75) is 39.2 Å². The topological polar surface area (TPSA) is 57.7 Å². The summed E-state index contributed by atoms with van der Waals surface area (Å²) in [7, 11) is 0. The number of rotatable bonds is 5. The predicted octanol–water partition coefficient (Wildman–Crippen LogP) is 3.70. The number of imide groups is 1. The number of hydrogen-bond donors (Lipinski definition) is 0. The van der Waals surface area contributed by atoms with Gasteiger partial charge in [0.05, 0.1) is 18.4 Å². The van der Waals surface area contributed by atoms with Gasteiger partial charge in [-0.15, -0.1) is 0 Å². The van der Waals surface area contributed by atoms with Gasteiger partial charge in [-0.2, -0.15) is 0 Å². The molecule has 2 atom stereocenters.